The number of ether oxygens (including phenoxy) is 2. The van der Waals surface area contributed by atoms with Gasteiger partial charge in [0.2, 0.25) is 0 Å². The molecule has 1 aromatic heterocycles. The van der Waals surface area contributed by atoms with Crippen LogP contribution in [0, 0.1) is 23.7 Å². The highest BCUT2D eigenvalue weighted by molar-refractivity contribution is 8.00. The molecule has 1 aliphatic heterocycles. The molecule has 0 saturated carbocycles. The Balaban J connectivity index is 0. The molecule has 2 amide bonds. The highest BCUT2D eigenvalue weighted by Gasteiger charge is 2.44. The van der Waals surface area contributed by atoms with Gasteiger partial charge in [0.05, 0.1) is 23.9 Å². The van der Waals surface area contributed by atoms with Crippen molar-refractivity contribution in [3.05, 3.63) is 48.8 Å². The fourth-order valence-corrected chi connectivity index (χ4v) is 8.15. The second-order valence-corrected chi connectivity index (χ2v) is 16.7. The van der Waals surface area contributed by atoms with E-state index in [-0.39, 0.29) is 30.4 Å². The second kappa shape index (κ2) is 31.2. The van der Waals surface area contributed by atoms with E-state index >= 15 is 0 Å². The zero-order valence-electron chi connectivity index (χ0n) is 39.6. The van der Waals surface area contributed by atoms with E-state index in [1.807, 2.05) is 117 Å². The van der Waals surface area contributed by atoms with E-state index in [0.717, 1.165) is 24.0 Å². The summed E-state index contributed by atoms with van der Waals surface area (Å²) >= 11 is 1.43. The van der Waals surface area contributed by atoms with E-state index in [1.165, 1.54) is 30.9 Å². The molecule has 11 atom stereocenters. The van der Waals surface area contributed by atoms with Crippen LogP contribution in [0.1, 0.15) is 142 Å². The van der Waals surface area contributed by atoms with Gasteiger partial charge in [-0.15, -0.1) is 0 Å². The van der Waals surface area contributed by atoms with Gasteiger partial charge in [0, 0.05) is 60.9 Å². The number of hydrogen-bond acceptors (Lipinski definition) is 10. The van der Waals surface area contributed by atoms with Crippen LogP contribution in [0.25, 0.3) is 0 Å². The van der Waals surface area contributed by atoms with Gasteiger partial charge in [0.25, 0.3) is 0 Å². The topological polar surface area (TPSA) is 166 Å². The number of carbonyl (C=O) groups is 2. The number of rotatable bonds is 19. The molecule has 1 aromatic carbocycles. The molecule has 1 aliphatic rings. The molecule has 13 heteroatoms. The molecule has 3 rings (SSSR count). The van der Waals surface area contributed by atoms with Gasteiger partial charge in [-0.2, -0.15) is 0 Å². The van der Waals surface area contributed by atoms with E-state index in [2.05, 4.69) is 17.1 Å². The Morgan fingerprint density at radius 1 is 0.983 bits per heavy atom. The number of aromatic nitrogens is 1. The van der Waals surface area contributed by atoms with Gasteiger partial charge < -0.3 is 44.9 Å². The lowest BCUT2D eigenvalue weighted by molar-refractivity contribution is -0.169. The van der Waals surface area contributed by atoms with Crippen LogP contribution in [0.4, 0.5) is 10.5 Å². The summed E-state index contributed by atoms with van der Waals surface area (Å²) in [6.07, 6.45) is 6.48. The number of amides is 2. The number of carbonyl (C=O) groups excluding carboxylic acids is 2. The van der Waals surface area contributed by atoms with Gasteiger partial charge in [-0.3, -0.25) is 9.51 Å². The number of benzene rings is 1. The third-order valence-corrected chi connectivity index (χ3v) is 10.7. The Kier molecular flexibility index (Phi) is 30.9. The minimum absolute atomic E-state index is 0.0742. The summed E-state index contributed by atoms with van der Waals surface area (Å²) < 4.78 is 12.4. The van der Waals surface area contributed by atoms with Crippen molar-refractivity contribution in [3.8, 4) is 0 Å². The lowest BCUT2D eigenvalue weighted by atomic mass is 9.82. The van der Waals surface area contributed by atoms with Crippen LogP contribution in [0.3, 0.4) is 0 Å². The zero-order valence-corrected chi connectivity index (χ0v) is 40.4. The highest BCUT2D eigenvalue weighted by atomic mass is 32.2. The minimum Gasteiger partial charge on any atom is -0.390 e. The largest absolute Gasteiger partial charge is 0.390 e. The maximum atomic E-state index is 13.8. The molecule has 12 nitrogen and oxygen atoms in total. The fourth-order valence-electron chi connectivity index (χ4n) is 7.55. The fraction of sp³-hybridized carbons (Fsp3) is 0.739. The summed E-state index contributed by atoms with van der Waals surface area (Å²) in [5, 5.41) is 45.9. The standard InChI is InChI=1S/C33H54N4O6S.C7H14O2.3C2H6/c1-9-29(43-8)33(7,42)30(39)26(5)37(21-25(4)20-32(6,41)19-23(2)18-24(3)22-38)31(40)34-27-12-14-28(15-13-27)44-35-36-16-10-11-17-36;1-5-3-6(2)9-7(8)4-5;3*1-2/h10-17,22-26,29-30,35,39,41-42H,9,18-21H2,1-8H3,(H,34,40);5-8H,3-4H2,1-2H3;3*1-2H3/t23-,24?,25+,26?,29+,30?,32-,33+;;;;/m0..../s1. The first-order valence-electron chi connectivity index (χ1n) is 22.0. The van der Waals surface area contributed by atoms with Crippen molar-refractivity contribution in [3.63, 3.8) is 0 Å². The number of aldehydes is 1. The van der Waals surface area contributed by atoms with Crippen LogP contribution >= 0.6 is 11.9 Å². The van der Waals surface area contributed by atoms with Gasteiger partial charge in [-0.25, -0.2) is 4.79 Å². The van der Waals surface area contributed by atoms with Gasteiger partial charge in [-0.05, 0) is 114 Å². The van der Waals surface area contributed by atoms with Crippen molar-refractivity contribution in [1.82, 2.24) is 9.58 Å². The molecule has 344 valence electrons. The minimum atomic E-state index is -1.62. The molecule has 59 heavy (non-hydrogen) atoms. The second-order valence-electron chi connectivity index (χ2n) is 15.9. The quantitative estimate of drug-likeness (QED) is 0.0592. The van der Waals surface area contributed by atoms with Crippen molar-refractivity contribution < 1.29 is 39.5 Å². The van der Waals surface area contributed by atoms with Gasteiger partial charge in [0.15, 0.2) is 6.29 Å². The van der Waals surface area contributed by atoms with Gasteiger partial charge in [-0.1, -0.05) is 76.2 Å². The molecule has 2 aromatic rings. The zero-order chi connectivity index (χ0) is 45.9. The summed E-state index contributed by atoms with van der Waals surface area (Å²) in [6, 6.07) is 10.0. The van der Waals surface area contributed by atoms with Crippen molar-refractivity contribution in [2.24, 2.45) is 23.7 Å². The Labute approximate surface area is 363 Å². The van der Waals surface area contributed by atoms with Crippen molar-refractivity contribution in [2.75, 3.05) is 23.8 Å². The molecular weight excluding hydrogens is 769 g/mol. The maximum Gasteiger partial charge on any atom is 0.322 e. The third kappa shape index (κ3) is 22.7. The molecular formula is C46H86N4O8S. The van der Waals surface area contributed by atoms with Crippen molar-refractivity contribution in [1.29, 1.82) is 0 Å². The van der Waals surface area contributed by atoms with Crippen molar-refractivity contribution in [2.45, 2.75) is 189 Å². The van der Waals surface area contributed by atoms with Crippen LogP contribution in [-0.4, -0.2) is 97.8 Å². The van der Waals surface area contributed by atoms with E-state index in [4.69, 9.17) is 14.6 Å². The van der Waals surface area contributed by atoms with Crippen LogP contribution in [0.5, 0.6) is 0 Å². The number of urea groups is 1. The highest BCUT2D eigenvalue weighted by Crippen LogP contribution is 2.30. The predicted molar refractivity (Wildman–Crippen MR) is 246 cm³/mol. The number of aliphatic hydroxyl groups is 4. The predicted octanol–water partition coefficient (Wildman–Crippen LogP) is 9.75. The molecule has 0 aliphatic carbocycles. The molecule has 0 bridgehead atoms. The van der Waals surface area contributed by atoms with Gasteiger partial charge >= 0.3 is 6.03 Å². The number of nitrogens with zero attached hydrogens (tertiary/aromatic N) is 2. The summed E-state index contributed by atoms with van der Waals surface area (Å²) in [5.74, 6) is 0.542. The monoisotopic (exact) mass is 855 g/mol. The molecule has 1 fully saturated rings. The van der Waals surface area contributed by atoms with Crippen molar-refractivity contribution >= 4 is 30.0 Å². The molecule has 2 heterocycles. The van der Waals surface area contributed by atoms with E-state index < -0.39 is 41.8 Å². The molecule has 0 spiro atoms. The number of methoxy groups -OCH3 is 1. The summed E-state index contributed by atoms with van der Waals surface area (Å²) in [4.78, 5) is 30.5. The van der Waals surface area contributed by atoms with Crippen LogP contribution in [0.15, 0.2) is 53.7 Å². The third-order valence-electron chi connectivity index (χ3n) is 9.91. The molecule has 6 N–H and O–H groups in total. The number of hydrogen-bond donors (Lipinski definition) is 6. The smallest absolute Gasteiger partial charge is 0.322 e. The van der Waals surface area contributed by atoms with E-state index in [1.54, 1.807) is 26.0 Å². The lowest BCUT2D eigenvalue weighted by Crippen LogP contribution is -2.60. The number of nitrogens with one attached hydrogen (secondary N) is 2. The SMILES string of the molecule is CC.CC.CC.CC1CC(C)OC(O)C1.CC[C@@H](OC)[C@@](C)(O)C(O)C(C)N(C[C@H](C)C[C@@](C)(O)C[C@@H](C)CC(C)C=O)C(=O)Nc1ccc(SNn2cccc2)cc1. The van der Waals surface area contributed by atoms with Gasteiger partial charge in [0.1, 0.15) is 18.0 Å². The first-order valence-corrected chi connectivity index (χ1v) is 22.8. The van der Waals surface area contributed by atoms with Crippen LogP contribution in [0.2, 0.25) is 0 Å². The Hall–Kier alpha value is -2.65. The van der Waals surface area contributed by atoms with E-state index in [9.17, 15) is 24.9 Å². The normalized spacial score (nSPS) is 21.0. The average molecular weight is 855 g/mol. The van der Waals surface area contributed by atoms with E-state index in [0.29, 0.717) is 37.3 Å². The summed E-state index contributed by atoms with van der Waals surface area (Å²) in [7, 11) is 1.49. The average Bonchev–Trinajstić information content (AvgIpc) is 3.72. The molecule has 1 saturated heterocycles. The lowest BCUT2D eigenvalue weighted by Gasteiger charge is -2.43. The number of anilines is 1. The maximum absolute atomic E-state index is 13.8. The summed E-state index contributed by atoms with van der Waals surface area (Å²) in [5.41, 5.74) is -2.05. The Morgan fingerprint density at radius 3 is 2.00 bits per heavy atom. The van der Waals surface area contributed by atoms with Crippen LogP contribution < -0.4 is 10.1 Å². The molecule has 6 unspecified atom stereocenters. The first-order chi connectivity index (χ1) is 27.8. The molecule has 0 radical (unpaired) electrons. The first kappa shape index (κ1) is 58.4. The Bertz CT molecular complexity index is 1300. The Morgan fingerprint density at radius 2 is 1.53 bits per heavy atom. The summed E-state index contributed by atoms with van der Waals surface area (Å²) in [6.45, 7) is 29.1. The van der Waals surface area contributed by atoms with Crippen LogP contribution in [-0.2, 0) is 14.3 Å². The number of aliphatic hydroxyl groups excluding tert-OH is 2.